The highest BCUT2D eigenvalue weighted by molar-refractivity contribution is 9.10. The van der Waals surface area contributed by atoms with E-state index in [0.717, 1.165) is 6.07 Å². The van der Waals surface area contributed by atoms with E-state index < -0.39 is 11.6 Å². The molecule has 2 aromatic rings. The van der Waals surface area contributed by atoms with Crippen molar-refractivity contribution >= 4 is 15.9 Å². The van der Waals surface area contributed by atoms with Crippen LogP contribution in [0.3, 0.4) is 0 Å². The maximum atomic E-state index is 13.5. The first-order valence-corrected chi connectivity index (χ1v) is 5.74. The van der Waals surface area contributed by atoms with Crippen LogP contribution < -0.4 is 4.74 Å². The largest absolute Gasteiger partial charge is 0.422 e. The van der Waals surface area contributed by atoms with Crippen molar-refractivity contribution in [1.82, 2.24) is 9.55 Å². The molecule has 0 N–H and O–H groups in total. The van der Waals surface area contributed by atoms with Gasteiger partial charge in [0.05, 0.1) is 0 Å². The molecule has 0 saturated carbocycles. The van der Waals surface area contributed by atoms with Crippen LogP contribution >= 0.6 is 15.9 Å². The van der Waals surface area contributed by atoms with E-state index in [9.17, 15) is 8.78 Å². The highest BCUT2D eigenvalue weighted by Gasteiger charge is 2.14. The van der Waals surface area contributed by atoms with Gasteiger partial charge in [0.1, 0.15) is 0 Å². The van der Waals surface area contributed by atoms with Gasteiger partial charge in [-0.1, -0.05) is 15.9 Å². The molecular weight excluding hydrogens is 294 g/mol. The summed E-state index contributed by atoms with van der Waals surface area (Å²) in [6.07, 6.45) is 3.23. The molecule has 0 radical (unpaired) electrons. The number of aromatic nitrogens is 2. The minimum atomic E-state index is -1.03. The summed E-state index contributed by atoms with van der Waals surface area (Å²) in [5.41, 5.74) is 0. The zero-order valence-corrected chi connectivity index (χ0v) is 10.5. The summed E-state index contributed by atoms with van der Waals surface area (Å²) in [6.45, 7) is 2.53. The summed E-state index contributed by atoms with van der Waals surface area (Å²) >= 11 is 3.07. The summed E-state index contributed by atoms with van der Waals surface area (Å²) < 4.78 is 33.9. The van der Waals surface area contributed by atoms with E-state index in [1.807, 2.05) is 6.92 Å². The standard InChI is InChI=1S/C11H9BrF2N2O/c1-2-16-4-3-15-11(16)17-9-6-7(12)5-8(13)10(9)14/h3-6H,2H2,1H3. The number of benzene rings is 1. The van der Waals surface area contributed by atoms with Crippen LogP contribution in [0.25, 0.3) is 0 Å². The Balaban J connectivity index is 2.36. The lowest BCUT2D eigenvalue weighted by molar-refractivity contribution is 0.376. The lowest BCUT2D eigenvalue weighted by Crippen LogP contribution is -1.99. The Labute approximate surface area is 105 Å². The molecule has 0 bridgehead atoms. The quantitative estimate of drug-likeness (QED) is 0.808. The van der Waals surface area contributed by atoms with Gasteiger partial charge in [-0.2, -0.15) is 4.39 Å². The maximum absolute atomic E-state index is 13.5. The van der Waals surface area contributed by atoms with Crippen LogP contribution in [0.2, 0.25) is 0 Å². The zero-order chi connectivity index (χ0) is 12.4. The minimum Gasteiger partial charge on any atom is -0.422 e. The molecule has 1 aromatic heterocycles. The summed E-state index contributed by atoms with van der Waals surface area (Å²) in [6, 6.07) is 2.62. The fraction of sp³-hybridized carbons (Fsp3) is 0.182. The molecular formula is C11H9BrF2N2O. The van der Waals surface area contributed by atoms with E-state index in [1.54, 1.807) is 10.8 Å². The molecule has 0 aliphatic rings. The number of nitrogens with zero attached hydrogens (tertiary/aromatic N) is 2. The van der Waals surface area contributed by atoms with Gasteiger partial charge in [-0.15, -0.1) is 0 Å². The molecule has 0 aliphatic heterocycles. The predicted octanol–water partition coefficient (Wildman–Crippen LogP) is 3.74. The average molecular weight is 303 g/mol. The van der Waals surface area contributed by atoms with Crippen LogP contribution in [0.15, 0.2) is 29.0 Å². The molecule has 1 aromatic carbocycles. The van der Waals surface area contributed by atoms with Crippen LogP contribution in [0, 0.1) is 11.6 Å². The molecule has 0 aliphatic carbocycles. The third-order valence-electron chi connectivity index (χ3n) is 2.18. The maximum Gasteiger partial charge on any atom is 0.301 e. The molecule has 0 unspecified atom stereocenters. The minimum absolute atomic E-state index is 0.197. The van der Waals surface area contributed by atoms with Crippen molar-refractivity contribution < 1.29 is 13.5 Å². The van der Waals surface area contributed by atoms with Gasteiger partial charge in [0, 0.05) is 23.4 Å². The first-order valence-electron chi connectivity index (χ1n) is 4.95. The van der Waals surface area contributed by atoms with Crippen molar-refractivity contribution in [2.75, 3.05) is 0 Å². The molecule has 2 rings (SSSR count). The summed E-state index contributed by atoms with van der Waals surface area (Å²) in [5.74, 6) is -2.19. The summed E-state index contributed by atoms with van der Waals surface area (Å²) in [7, 11) is 0. The third kappa shape index (κ3) is 2.46. The molecule has 0 saturated heterocycles. The number of rotatable bonds is 3. The van der Waals surface area contributed by atoms with E-state index in [1.165, 1.54) is 12.3 Å². The Kier molecular flexibility index (Phi) is 3.42. The van der Waals surface area contributed by atoms with E-state index in [2.05, 4.69) is 20.9 Å². The van der Waals surface area contributed by atoms with Crippen LogP contribution in [0.4, 0.5) is 8.78 Å². The van der Waals surface area contributed by atoms with Crippen LogP contribution in [0.5, 0.6) is 11.8 Å². The van der Waals surface area contributed by atoms with E-state index in [-0.39, 0.29) is 11.8 Å². The number of halogens is 3. The fourth-order valence-corrected chi connectivity index (χ4v) is 1.76. The van der Waals surface area contributed by atoms with Crippen molar-refractivity contribution in [3.8, 4) is 11.8 Å². The molecule has 6 heteroatoms. The van der Waals surface area contributed by atoms with Crippen molar-refractivity contribution in [3.05, 3.63) is 40.6 Å². The summed E-state index contributed by atoms with van der Waals surface area (Å²) in [5, 5.41) is 0. The Morgan fingerprint density at radius 3 is 2.88 bits per heavy atom. The van der Waals surface area contributed by atoms with Gasteiger partial charge in [-0.25, -0.2) is 9.37 Å². The Bertz CT molecular complexity index is 542. The Morgan fingerprint density at radius 2 is 2.18 bits per heavy atom. The Hall–Kier alpha value is -1.43. The van der Waals surface area contributed by atoms with E-state index in [4.69, 9.17) is 4.74 Å². The number of imidazole rings is 1. The van der Waals surface area contributed by atoms with Crippen LogP contribution in [-0.2, 0) is 6.54 Å². The first kappa shape index (κ1) is 12.0. The van der Waals surface area contributed by atoms with Gasteiger partial charge in [-0.3, -0.25) is 0 Å². The van der Waals surface area contributed by atoms with Gasteiger partial charge >= 0.3 is 6.01 Å². The highest BCUT2D eigenvalue weighted by Crippen LogP contribution is 2.28. The van der Waals surface area contributed by atoms with Crippen molar-refractivity contribution in [2.24, 2.45) is 0 Å². The topological polar surface area (TPSA) is 27.1 Å². The lowest BCUT2D eigenvalue weighted by Gasteiger charge is -2.08. The molecule has 0 amide bonds. The SMILES string of the molecule is CCn1ccnc1Oc1cc(Br)cc(F)c1F. The molecule has 90 valence electrons. The van der Waals surface area contributed by atoms with Gasteiger partial charge in [0.25, 0.3) is 0 Å². The van der Waals surface area contributed by atoms with Crippen LogP contribution in [0.1, 0.15) is 6.92 Å². The fourth-order valence-electron chi connectivity index (χ4n) is 1.35. The van der Waals surface area contributed by atoms with Gasteiger partial charge in [0.2, 0.25) is 5.82 Å². The molecule has 0 atom stereocenters. The Morgan fingerprint density at radius 1 is 1.41 bits per heavy atom. The van der Waals surface area contributed by atoms with Crippen LogP contribution in [-0.4, -0.2) is 9.55 Å². The number of aryl methyl sites for hydroxylation is 1. The second-order valence-electron chi connectivity index (χ2n) is 3.30. The number of hydrogen-bond acceptors (Lipinski definition) is 2. The highest BCUT2D eigenvalue weighted by atomic mass is 79.9. The smallest absolute Gasteiger partial charge is 0.301 e. The van der Waals surface area contributed by atoms with Gasteiger partial charge in [-0.05, 0) is 19.1 Å². The summed E-state index contributed by atoms with van der Waals surface area (Å²) in [4.78, 5) is 3.92. The van der Waals surface area contributed by atoms with Crippen molar-refractivity contribution in [1.29, 1.82) is 0 Å². The lowest BCUT2D eigenvalue weighted by atomic mass is 10.3. The van der Waals surface area contributed by atoms with Crippen molar-refractivity contribution in [2.45, 2.75) is 13.5 Å². The molecule has 0 fully saturated rings. The normalized spacial score (nSPS) is 10.6. The second-order valence-corrected chi connectivity index (χ2v) is 4.21. The molecule has 0 spiro atoms. The second kappa shape index (κ2) is 4.83. The number of hydrogen-bond donors (Lipinski definition) is 0. The van der Waals surface area contributed by atoms with Crippen molar-refractivity contribution in [3.63, 3.8) is 0 Å². The van der Waals surface area contributed by atoms with E-state index >= 15 is 0 Å². The first-order chi connectivity index (χ1) is 8.11. The zero-order valence-electron chi connectivity index (χ0n) is 8.95. The third-order valence-corrected chi connectivity index (χ3v) is 2.64. The van der Waals surface area contributed by atoms with E-state index in [0.29, 0.717) is 11.0 Å². The molecule has 17 heavy (non-hydrogen) atoms. The predicted molar refractivity (Wildman–Crippen MR) is 62.0 cm³/mol. The molecule has 3 nitrogen and oxygen atoms in total. The van der Waals surface area contributed by atoms with Gasteiger partial charge < -0.3 is 9.30 Å². The van der Waals surface area contributed by atoms with Gasteiger partial charge in [0.15, 0.2) is 11.6 Å². The monoisotopic (exact) mass is 302 g/mol. The average Bonchev–Trinajstić information content (AvgIpc) is 2.72. The molecule has 1 heterocycles. The number of ether oxygens (including phenoxy) is 1.